The minimum absolute atomic E-state index is 0.0871. The van der Waals surface area contributed by atoms with E-state index in [4.69, 9.17) is 14.2 Å². The first-order valence-electron chi connectivity index (χ1n) is 9.67. The normalized spacial score (nSPS) is 17.6. The molecule has 1 amide bonds. The van der Waals surface area contributed by atoms with Crippen LogP contribution in [0.15, 0.2) is 36.4 Å². The highest BCUT2D eigenvalue weighted by molar-refractivity contribution is 5.91. The van der Waals surface area contributed by atoms with E-state index in [9.17, 15) is 14.0 Å². The van der Waals surface area contributed by atoms with Crippen molar-refractivity contribution in [1.29, 1.82) is 0 Å². The summed E-state index contributed by atoms with van der Waals surface area (Å²) in [5.41, 5.74) is 2.09. The van der Waals surface area contributed by atoms with E-state index in [1.54, 1.807) is 26.4 Å². The Labute approximate surface area is 174 Å². The monoisotopic (exact) mass is 417 g/mol. The lowest BCUT2D eigenvalue weighted by Crippen LogP contribution is -3.14. The first-order chi connectivity index (χ1) is 14.5. The summed E-state index contributed by atoms with van der Waals surface area (Å²) in [6, 6.07) is 9.49. The molecule has 0 saturated heterocycles. The Morgan fingerprint density at radius 1 is 1.13 bits per heavy atom. The molecule has 2 atom stereocenters. The Morgan fingerprint density at radius 2 is 1.83 bits per heavy atom. The van der Waals surface area contributed by atoms with Crippen molar-refractivity contribution >= 4 is 17.6 Å². The van der Waals surface area contributed by atoms with Gasteiger partial charge in [0.2, 0.25) is 0 Å². The number of benzene rings is 2. The van der Waals surface area contributed by atoms with Crippen molar-refractivity contribution in [2.75, 3.05) is 39.7 Å². The Morgan fingerprint density at radius 3 is 2.50 bits per heavy atom. The van der Waals surface area contributed by atoms with Crippen molar-refractivity contribution in [2.24, 2.45) is 0 Å². The standard InChI is InChI=1S/C22H25FN2O5/c1-28-19-10-14-8-9-25(13-21(26)24-17-7-5-4-6-16(17)23)18(12-22(27)30-3)15(14)11-20(19)29-2/h4-7,10-11,18H,8-9,12-13H2,1-3H3,(H,24,26)/p+1/t18-/m1/s1. The fourth-order valence-corrected chi connectivity index (χ4v) is 3.85. The number of fused-ring (bicyclic) bond motifs is 1. The molecule has 1 heterocycles. The van der Waals surface area contributed by atoms with Gasteiger partial charge in [-0.05, 0) is 29.8 Å². The smallest absolute Gasteiger partial charge is 0.311 e. The second-order valence-electron chi connectivity index (χ2n) is 7.10. The Hall–Kier alpha value is -3.13. The summed E-state index contributed by atoms with van der Waals surface area (Å²) < 4.78 is 29.5. The number of carbonyl (C=O) groups excluding carboxylic acids is 2. The average Bonchev–Trinajstić information content (AvgIpc) is 2.75. The van der Waals surface area contributed by atoms with Gasteiger partial charge >= 0.3 is 5.97 Å². The van der Waals surface area contributed by atoms with E-state index in [1.807, 2.05) is 12.1 Å². The third-order valence-electron chi connectivity index (χ3n) is 5.36. The van der Waals surface area contributed by atoms with E-state index in [1.165, 1.54) is 19.2 Å². The fourth-order valence-electron chi connectivity index (χ4n) is 3.85. The van der Waals surface area contributed by atoms with Gasteiger partial charge in [-0.2, -0.15) is 0 Å². The van der Waals surface area contributed by atoms with Gasteiger partial charge < -0.3 is 24.4 Å². The van der Waals surface area contributed by atoms with Crippen LogP contribution in [0.5, 0.6) is 11.5 Å². The minimum atomic E-state index is -0.493. The van der Waals surface area contributed by atoms with Gasteiger partial charge in [0.1, 0.15) is 18.3 Å². The van der Waals surface area contributed by atoms with Crippen LogP contribution in [0.25, 0.3) is 0 Å². The molecule has 160 valence electrons. The summed E-state index contributed by atoms with van der Waals surface area (Å²) >= 11 is 0. The number of amides is 1. The molecule has 8 heteroatoms. The number of halogens is 1. The number of methoxy groups -OCH3 is 3. The molecule has 30 heavy (non-hydrogen) atoms. The molecule has 0 aliphatic carbocycles. The van der Waals surface area contributed by atoms with Crippen molar-refractivity contribution in [3.05, 3.63) is 53.3 Å². The van der Waals surface area contributed by atoms with Crippen LogP contribution in [0, 0.1) is 5.82 Å². The third-order valence-corrected chi connectivity index (χ3v) is 5.36. The molecule has 1 aliphatic heterocycles. The molecule has 0 fully saturated rings. The van der Waals surface area contributed by atoms with Crippen molar-refractivity contribution in [3.63, 3.8) is 0 Å². The van der Waals surface area contributed by atoms with Crippen LogP contribution in [0.1, 0.15) is 23.6 Å². The number of carbonyl (C=O) groups is 2. The summed E-state index contributed by atoms with van der Waals surface area (Å²) in [6.07, 6.45) is 0.816. The van der Waals surface area contributed by atoms with Crippen LogP contribution in [0.3, 0.4) is 0 Å². The van der Waals surface area contributed by atoms with E-state index < -0.39 is 5.82 Å². The van der Waals surface area contributed by atoms with Crippen molar-refractivity contribution in [3.8, 4) is 11.5 Å². The van der Waals surface area contributed by atoms with Gasteiger partial charge in [-0.1, -0.05) is 12.1 Å². The molecule has 0 aromatic heterocycles. The van der Waals surface area contributed by atoms with Crippen LogP contribution >= 0.6 is 0 Å². The molecule has 3 rings (SSSR count). The van der Waals surface area contributed by atoms with Gasteiger partial charge in [0, 0.05) is 12.0 Å². The van der Waals surface area contributed by atoms with Gasteiger partial charge in [-0.3, -0.25) is 9.59 Å². The topological polar surface area (TPSA) is 78.3 Å². The zero-order valence-electron chi connectivity index (χ0n) is 17.3. The van der Waals surface area contributed by atoms with Gasteiger partial charge in [-0.25, -0.2) is 4.39 Å². The van der Waals surface area contributed by atoms with Crippen LogP contribution in [0.2, 0.25) is 0 Å². The van der Waals surface area contributed by atoms with Crippen molar-refractivity contribution < 1.29 is 33.1 Å². The SMILES string of the molecule is COC(=O)C[C@@H]1c2cc(OC)c(OC)cc2CC[NH+]1CC(=O)Nc1ccccc1F. The average molecular weight is 417 g/mol. The van der Waals surface area contributed by atoms with Crippen LogP contribution in [-0.4, -0.2) is 46.3 Å². The van der Waals surface area contributed by atoms with Crippen molar-refractivity contribution in [1.82, 2.24) is 0 Å². The molecule has 0 saturated carbocycles. The first kappa shape index (κ1) is 21.6. The summed E-state index contributed by atoms with van der Waals surface area (Å²) in [6.45, 7) is 0.721. The van der Waals surface area contributed by atoms with Gasteiger partial charge in [0.05, 0.1) is 33.6 Å². The van der Waals surface area contributed by atoms with E-state index in [0.717, 1.165) is 16.0 Å². The Kier molecular flexibility index (Phi) is 6.89. The minimum Gasteiger partial charge on any atom is -0.493 e. The second kappa shape index (κ2) is 9.58. The maximum atomic E-state index is 13.9. The predicted molar refractivity (Wildman–Crippen MR) is 108 cm³/mol. The lowest BCUT2D eigenvalue weighted by Gasteiger charge is -2.34. The summed E-state index contributed by atoms with van der Waals surface area (Å²) in [7, 11) is 4.46. The summed E-state index contributed by atoms with van der Waals surface area (Å²) in [4.78, 5) is 25.6. The molecular weight excluding hydrogens is 391 g/mol. The largest absolute Gasteiger partial charge is 0.493 e. The van der Waals surface area contributed by atoms with E-state index in [2.05, 4.69) is 5.32 Å². The highest BCUT2D eigenvalue weighted by atomic mass is 19.1. The zero-order valence-corrected chi connectivity index (χ0v) is 17.3. The highest BCUT2D eigenvalue weighted by Crippen LogP contribution is 2.35. The lowest BCUT2D eigenvalue weighted by atomic mass is 9.90. The molecule has 7 nitrogen and oxygen atoms in total. The number of esters is 1. The second-order valence-corrected chi connectivity index (χ2v) is 7.10. The molecule has 0 radical (unpaired) electrons. The maximum absolute atomic E-state index is 13.9. The molecule has 1 unspecified atom stereocenters. The van der Waals surface area contributed by atoms with Gasteiger partial charge in [0.15, 0.2) is 18.0 Å². The third kappa shape index (κ3) is 4.71. The Balaban J connectivity index is 1.86. The van der Waals surface area contributed by atoms with Crippen LogP contribution in [-0.2, 0) is 20.7 Å². The van der Waals surface area contributed by atoms with Gasteiger partial charge in [0.25, 0.3) is 5.91 Å². The Bertz CT molecular complexity index is 934. The number of hydrogen-bond acceptors (Lipinski definition) is 5. The number of ether oxygens (including phenoxy) is 3. The van der Waals surface area contributed by atoms with Crippen molar-refractivity contribution in [2.45, 2.75) is 18.9 Å². The molecule has 2 N–H and O–H groups in total. The highest BCUT2D eigenvalue weighted by Gasteiger charge is 2.35. The molecule has 2 aromatic rings. The van der Waals surface area contributed by atoms with Crippen LogP contribution in [0.4, 0.5) is 10.1 Å². The maximum Gasteiger partial charge on any atom is 0.311 e. The van der Waals surface area contributed by atoms with E-state index in [0.29, 0.717) is 24.5 Å². The molecule has 0 bridgehead atoms. The number of anilines is 1. The predicted octanol–water partition coefficient (Wildman–Crippen LogP) is 1.53. The zero-order chi connectivity index (χ0) is 21.7. The number of quaternary nitrogens is 1. The number of hydrogen-bond donors (Lipinski definition) is 2. The number of nitrogens with one attached hydrogen (secondary N) is 2. The van der Waals surface area contributed by atoms with E-state index >= 15 is 0 Å². The van der Waals surface area contributed by atoms with Crippen LogP contribution < -0.4 is 19.7 Å². The molecule has 2 aromatic carbocycles. The number of para-hydroxylation sites is 1. The first-order valence-corrected chi connectivity index (χ1v) is 9.67. The lowest BCUT2D eigenvalue weighted by molar-refractivity contribution is -0.925. The van der Waals surface area contributed by atoms with Gasteiger partial charge in [-0.15, -0.1) is 0 Å². The molecule has 1 aliphatic rings. The van der Waals surface area contributed by atoms with E-state index in [-0.39, 0.29) is 36.6 Å². The fraction of sp³-hybridized carbons (Fsp3) is 0.364. The summed E-state index contributed by atoms with van der Waals surface area (Å²) in [5, 5.41) is 2.61. The quantitative estimate of drug-likeness (QED) is 0.668. The summed E-state index contributed by atoms with van der Waals surface area (Å²) in [5.74, 6) is -0.00620. The molecule has 0 spiro atoms. The number of rotatable bonds is 7. The molecular formula is C22H26FN2O5+.